The van der Waals surface area contributed by atoms with Crippen molar-refractivity contribution < 1.29 is 19.2 Å². The van der Waals surface area contributed by atoms with Crippen LogP contribution in [0.15, 0.2) is 66.7 Å². The van der Waals surface area contributed by atoms with Gasteiger partial charge < -0.3 is 0 Å². The third-order valence-corrected chi connectivity index (χ3v) is 7.69. The van der Waals surface area contributed by atoms with E-state index in [9.17, 15) is 19.2 Å². The van der Waals surface area contributed by atoms with Crippen molar-refractivity contribution in [3.63, 3.8) is 0 Å². The first kappa shape index (κ1) is 18.7. The summed E-state index contributed by atoms with van der Waals surface area (Å²) in [6.45, 7) is 0. The molecule has 6 rings (SSSR count). The van der Waals surface area contributed by atoms with Crippen LogP contribution in [0.3, 0.4) is 0 Å². The first-order valence-electron chi connectivity index (χ1n) is 9.70. The minimum Gasteiger partial charge on any atom is -0.293 e. The van der Waals surface area contributed by atoms with E-state index in [1.807, 2.05) is 0 Å². The molecule has 0 atom stereocenters. The lowest BCUT2D eigenvalue weighted by molar-refractivity contribution is 0.0663. The SMILES string of the molecule is O=C1c2ccccc2C(=O)C12C(c1ccc(Cl)c(Cl)c1)C21C(=O)c2ccccc2C1=O. The Labute approximate surface area is 186 Å². The molecular formula is C25H12Cl2O4. The smallest absolute Gasteiger partial charge is 0.179 e. The quantitative estimate of drug-likeness (QED) is 0.480. The van der Waals surface area contributed by atoms with Crippen LogP contribution < -0.4 is 0 Å². The molecule has 0 bridgehead atoms. The monoisotopic (exact) mass is 446 g/mol. The van der Waals surface area contributed by atoms with Crippen molar-refractivity contribution in [2.45, 2.75) is 5.92 Å². The van der Waals surface area contributed by atoms with E-state index in [2.05, 4.69) is 0 Å². The molecule has 1 saturated carbocycles. The molecule has 0 radical (unpaired) electrons. The molecule has 0 unspecified atom stereocenters. The maximum absolute atomic E-state index is 13.7. The van der Waals surface area contributed by atoms with Crippen molar-refractivity contribution in [2.24, 2.45) is 10.8 Å². The fourth-order valence-corrected chi connectivity index (χ4v) is 6.03. The number of fused-ring (bicyclic) bond motifs is 3. The summed E-state index contributed by atoms with van der Waals surface area (Å²) in [5.41, 5.74) is -2.17. The second kappa shape index (κ2) is 5.78. The van der Waals surface area contributed by atoms with Gasteiger partial charge in [-0.05, 0) is 17.7 Å². The van der Waals surface area contributed by atoms with Crippen LogP contribution in [0.25, 0.3) is 0 Å². The van der Waals surface area contributed by atoms with Crippen molar-refractivity contribution in [1.29, 1.82) is 0 Å². The van der Waals surface area contributed by atoms with Crippen LogP contribution in [0.1, 0.15) is 52.9 Å². The van der Waals surface area contributed by atoms with Gasteiger partial charge in [0, 0.05) is 28.2 Å². The second-order valence-electron chi connectivity index (χ2n) is 8.13. The average molecular weight is 447 g/mol. The summed E-state index contributed by atoms with van der Waals surface area (Å²) < 4.78 is 0. The summed E-state index contributed by atoms with van der Waals surface area (Å²) in [7, 11) is 0. The van der Waals surface area contributed by atoms with E-state index in [4.69, 9.17) is 23.2 Å². The fraction of sp³-hybridized carbons (Fsp3) is 0.120. The summed E-state index contributed by atoms with van der Waals surface area (Å²) in [4.78, 5) is 55.0. The molecule has 3 aromatic rings. The molecule has 3 aliphatic carbocycles. The minimum absolute atomic E-state index is 0.224. The van der Waals surface area contributed by atoms with Crippen molar-refractivity contribution in [3.8, 4) is 0 Å². The first-order valence-corrected chi connectivity index (χ1v) is 10.5. The van der Waals surface area contributed by atoms with E-state index in [0.717, 1.165) is 0 Å². The molecule has 3 aromatic carbocycles. The number of hydrogen-bond donors (Lipinski definition) is 0. The molecule has 0 heterocycles. The zero-order chi connectivity index (χ0) is 21.7. The number of hydrogen-bond acceptors (Lipinski definition) is 4. The molecule has 1 fully saturated rings. The highest BCUT2D eigenvalue weighted by Crippen LogP contribution is 2.81. The Kier molecular flexibility index (Phi) is 3.48. The highest BCUT2D eigenvalue weighted by Gasteiger charge is 2.93. The van der Waals surface area contributed by atoms with Gasteiger partial charge >= 0.3 is 0 Å². The van der Waals surface area contributed by atoms with Crippen LogP contribution in [0, 0.1) is 10.8 Å². The van der Waals surface area contributed by atoms with Gasteiger partial charge in [0.05, 0.1) is 10.0 Å². The number of carbonyl (C=O) groups excluding carboxylic acids is 4. The molecule has 0 saturated heterocycles. The van der Waals surface area contributed by atoms with E-state index in [0.29, 0.717) is 10.6 Å². The summed E-state index contributed by atoms with van der Waals surface area (Å²) in [6, 6.07) is 17.7. The first-order chi connectivity index (χ1) is 14.9. The predicted octanol–water partition coefficient (Wildman–Crippen LogP) is 5.22. The van der Waals surface area contributed by atoms with Crippen LogP contribution in [-0.4, -0.2) is 23.1 Å². The van der Waals surface area contributed by atoms with Crippen LogP contribution in [-0.2, 0) is 0 Å². The van der Waals surface area contributed by atoms with Crippen LogP contribution in [0.5, 0.6) is 0 Å². The Morgan fingerprint density at radius 2 is 0.935 bits per heavy atom. The summed E-state index contributed by atoms with van der Waals surface area (Å²) in [5.74, 6) is -2.90. The Hall–Kier alpha value is -3.08. The molecule has 0 aromatic heterocycles. The van der Waals surface area contributed by atoms with Gasteiger partial charge in [0.2, 0.25) is 0 Å². The van der Waals surface area contributed by atoms with E-state index in [1.54, 1.807) is 60.7 Å². The van der Waals surface area contributed by atoms with E-state index >= 15 is 0 Å². The number of rotatable bonds is 1. The number of halogens is 2. The van der Waals surface area contributed by atoms with Gasteiger partial charge in [-0.1, -0.05) is 77.8 Å². The zero-order valence-corrected chi connectivity index (χ0v) is 17.3. The Balaban J connectivity index is 1.67. The maximum atomic E-state index is 13.7. The third kappa shape index (κ3) is 1.86. The van der Waals surface area contributed by atoms with Crippen LogP contribution in [0.2, 0.25) is 10.0 Å². The fourth-order valence-electron chi connectivity index (χ4n) is 5.72. The Bertz CT molecular complexity index is 1250. The van der Waals surface area contributed by atoms with Gasteiger partial charge in [0.15, 0.2) is 23.1 Å². The molecule has 0 N–H and O–H groups in total. The van der Waals surface area contributed by atoms with E-state index in [1.165, 1.54) is 6.07 Å². The molecule has 0 aliphatic heterocycles. The van der Waals surface area contributed by atoms with Gasteiger partial charge in [-0.3, -0.25) is 19.2 Å². The zero-order valence-electron chi connectivity index (χ0n) is 15.8. The highest BCUT2D eigenvalue weighted by atomic mass is 35.5. The average Bonchev–Trinajstić information content (AvgIpc) is 3.30. The van der Waals surface area contributed by atoms with Gasteiger partial charge in [0.1, 0.15) is 10.8 Å². The third-order valence-electron chi connectivity index (χ3n) is 6.95. The molecule has 6 heteroatoms. The largest absolute Gasteiger partial charge is 0.293 e. The van der Waals surface area contributed by atoms with E-state index in [-0.39, 0.29) is 27.3 Å². The summed E-state index contributed by atoms with van der Waals surface area (Å²) in [5, 5.41) is 0.524. The van der Waals surface area contributed by atoms with Gasteiger partial charge in [-0.25, -0.2) is 0 Å². The Morgan fingerprint density at radius 3 is 1.29 bits per heavy atom. The number of Topliss-reactive ketones (excluding diaryl/α,β-unsaturated/α-hetero) is 4. The molecule has 150 valence electrons. The Morgan fingerprint density at radius 1 is 0.548 bits per heavy atom. The lowest BCUT2D eigenvalue weighted by atomic mass is 9.84. The second-order valence-corrected chi connectivity index (χ2v) is 8.94. The topological polar surface area (TPSA) is 68.3 Å². The van der Waals surface area contributed by atoms with Gasteiger partial charge in [-0.15, -0.1) is 0 Å². The highest BCUT2D eigenvalue weighted by molar-refractivity contribution is 6.46. The molecular weight excluding hydrogens is 435 g/mol. The molecule has 4 nitrogen and oxygen atoms in total. The predicted molar refractivity (Wildman–Crippen MR) is 114 cm³/mol. The minimum atomic E-state index is -1.80. The van der Waals surface area contributed by atoms with Gasteiger partial charge in [0.25, 0.3) is 0 Å². The van der Waals surface area contributed by atoms with Crippen molar-refractivity contribution >= 4 is 46.3 Å². The molecule has 2 spiro atoms. The summed E-state index contributed by atoms with van der Waals surface area (Å²) in [6.07, 6.45) is 0. The van der Waals surface area contributed by atoms with Crippen molar-refractivity contribution in [1.82, 2.24) is 0 Å². The number of benzene rings is 3. The maximum Gasteiger partial charge on any atom is 0.179 e. The number of ketones is 4. The van der Waals surface area contributed by atoms with Gasteiger partial charge in [-0.2, -0.15) is 0 Å². The normalized spacial score (nSPS) is 19.9. The number of carbonyl (C=O) groups is 4. The summed E-state index contributed by atoms with van der Waals surface area (Å²) >= 11 is 12.3. The molecule has 31 heavy (non-hydrogen) atoms. The lowest BCUT2D eigenvalue weighted by Crippen LogP contribution is -2.32. The van der Waals surface area contributed by atoms with Crippen molar-refractivity contribution in [2.75, 3.05) is 0 Å². The lowest BCUT2D eigenvalue weighted by Gasteiger charge is -2.11. The molecule has 3 aliphatic rings. The van der Waals surface area contributed by atoms with Crippen molar-refractivity contribution in [3.05, 3.63) is 105 Å². The van der Waals surface area contributed by atoms with Crippen LogP contribution in [0.4, 0.5) is 0 Å². The standard InChI is InChI=1S/C25H12Cl2O4/c26-17-10-9-12(11-18(17)27)19-24(20(28)13-5-1-2-6-14(13)21(24)29)25(19)22(30)15-7-3-4-8-16(15)23(25)31/h1-11,19H. The van der Waals surface area contributed by atoms with E-state index < -0.39 is 39.9 Å². The van der Waals surface area contributed by atoms with Crippen LogP contribution >= 0.6 is 23.2 Å². The molecule has 0 amide bonds.